The number of aromatic amines is 1. The van der Waals surface area contributed by atoms with Gasteiger partial charge in [-0.05, 0) is 116 Å². The van der Waals surface area contributed by atoms with E-state index in [0.29, 0.717) is 112 Å². The number of ether oxygens (including phenoxy) is 1. The van der Waals surface area contributed by atoms with Gasteiger partial charge in [-0.2, -0.15) is 5.10 Å². The molecule has 1 unspecified atom stereocenters. The Morgan fingerprint density at radius 1 is 0.843 bits per heavy atom. The van der Waals surface area contributed by atoms with Crippen LogP contribution in [0.15, 0.2) is 84.4 Å². The summed E-state index contributed by atoms with van der Waals surface area (Å²) in [4.78, 5) is 79.1. The van der Waals surface area contributed by atoms with E-state index in [1.165, 1.54) is 12.1 Å². The van der Waals surface area contributed by atoms with Crippen LogP contribution in [0.1, 0.15) is 118 Å². The summed E-state index contributed by atoms with van der Waals surface area (Å²) in [5.74, 6) is -1.68. The van der Waals surface area contributed by atoms with Gasteiger partial charge in [0, 0.05) is 100 Å². The monoisotopic (exact) mass is 1160 g/mol. The fraction of sp³-hybridized carbons (Fsp3) is 0.476. The molecule has 20 heteroatoms. The van der Waals surface area contributed by atoms with Gasteiger partial charge in [-0.25, -0.2) is 13.8 Å². The van der Waals surface area contributed by atoms with Gasteiger partial charge in [0.2, 0.25) is 17.7 Å². The number of nitrogens with one attached hydrogen (secondary N) is 6. The van der Waals surface area contributed by atoms with Crippen molar-refractivity contribution in [2.75, 3.05) is 74.6 Å². The first-order chi connectivity index (χ1) is 39.9. The third-order valence-corrected chi connectivity index (χ3v) is 17.1. The molecule has 4 aromatic carbocycles. The minimum absolute atomic E-state index is 0.0112. The lowest BCUT2D eigenvalue weighted by molar-refractivity contribution is -0.141. The number of hydrogen-bond donors (Lipinski definition) is 6. The Labute approximate surface area is 489 Å². The number of unbranched alkanes of at least 4 members (excludes halogenated alkanes) is 4. The molecule has 9 rings (SSSR count). The van der Waals surface area contributed by atoms with Crippen molar-refractivity contribution < 1.29 is 37.5 Å². The summed E-state index contributed by atoms with van der Waals surface area (Å²) in [5.41, 5.74) is 8.65. The van der Waals surface area contributed by atoms with E-state index >= 15 is 0 Å². The zero-order valence-electron chi connectivity index (χ0n) is 48.4. The smallest absolute Gasteiger partial charge is 0.258 e. The Hall–Kier alpha value is -7.13. The molecule has 3 aliphatic heterocycles. The fourth-order valence-electron chi connectivity index (χ4n) is 11.3. The van der Waals surface area contributed by atoms with Gasteiger partial charge < -0.3 is 41.1 Å². The van der Waals surface area contributed by atoms with Crippen LogP contribution in [0.4, 0.5) is 26.0 Å². The van der Waals surface area contributed by atoms with Gasteiger partial charge >= 0.3 is 0 Å². The number of aromatic nitrogens is 3. The molecule has 0 saturated carbocycles. The Morgan fingerprint density at radius 3 is 2.29 bits per heavy atom. The lowest BCUT2D eigenvalue weighted by Gasteiger charge is -2.37. The van der Waals surface area contributed by atoms with Crippen molar-refractivity contribution in [2.24, 2.45) is 5.41 Å². The first-order valence-electron chi connectivity index (χ1n) is 29.2. The number of piperazine rings is 1. The molecule has 6 N–H and O–H groups in total. The summed E-state index contributed by atoms with van der Waals surface area (Å²) in [6.45, 7) is 15.4. The van der Waals surface area contributed by atoms with Gasteiger partial charge in [0.05, 0.1) is 46.3 Å². The van der Waals surface area contributed by atoms with Crippen molar-refractivity contribution in [1.82, 2.24) is 40.9 Å². The predicted molar refractivity (Wildman–Crippen MR) is 322 cm³/mol. The molecule has 0 bridgehead atoms. The van der Waals surface area contributed by atoms with Crippen LogP contribution in [0.3, 0.4) is 0 Å². The number of hydrogen-bond acceptors (Lipinski definition) is 13. The maximum Gasteiger partial charge on any atom is 0.258 e. The number of carbonyl (C=O) groups excluding carboxylic acids is 5. The van der Waals surface area contributed by atoms with Crippen LogP contribution in [-0.2, 0) is 36.9 Å². The maximum atomic E-state index is 14.2. The van der Waals surface area contributed by atoms with E-state index in [1.54, 1.807) is 16.2 Å². The fourth-order valence-corrected chi connectivity index (χ4v) is 12.1. The summed E-state index contributed by atoms with van der Waals surface area (Å²) >= 11 is 1.62. The Morgan fingerprint density at radius 2 is 1.57 bits per heavy atom. The van der Waals surface area contributed by atoms with Crippen LogP contribution in [0.25, 0.3) is 21.3 Å². The van der Waals surface area contributed by atoms with Crippen molar-refractivity contribution >= 4 is 68.8 Å². The lowest BCUT2D eigenvalue weighted by atomic mass is 9.85. The number of aryl methyl sites for hydroxylation is 1. The number of thiazole rings is 1. The molecule has 83 heavy (non-hydrogen) atoms. The van der Waals surface area contributed by atoms with Gasteiger partial charge in [0.1, 0.15) is 17.7 Å². The molecule has 0 radical (unpaired) electrons. The van der Waals surface area contributed by atoms with Crippen LogP contribution in [0.2, 0.25) is 0 Å². The quantitative estimate of drug-likeness (QED) is 0.0314. The largest absolute Gasteiger partial charge is 0.381 e. The molecular weight excluding hydrogens is 1080 g/mol. The third kappa shape index (κ3) is 16.4. The molecule has 442 valence electrons. The molecular formula is C63H79F2N11O6S. The number of rotatable bonds is 24. The summed E-state index contributed by atoms with van der Waals surface area (Å²) < 4.78 is 33.5. The number of ketones is 1. The Balaban J connectivity index is 0.678. The maximum absolute atomic E-state index is 14.2. The second-order valence-corrected chi connectivity index (χ2v) is 24.4. The van der Waals surface area contributed by atoms with Crippen LogP contribution in [-0.4, -0.2) is 138 Å². The number of halogens is 2. The molecule has 4 amide bonds. The molecule has 0 aliphatic carbocycles. The first-order valence-corrected chi connectivity index (χ1v) is 30.1. The zero-order valence-corrected chi connectivity index (χ0v) is 49.2. The molecule has 17 nitrogen and oxygen atoms in total. The van der Waals surface area contributed by atoms with E-state index in [0.717, 1.165) is 77.5 Å². The second-order valence-electron chi connectivity index (χ2n) is 23.5. The number of carbonyl (C=O) groups is 5. The molecule has 3 fully saturated rings. The number of nitrogens with zero attached hydrogens (tertiary/aromatic N) is 5. The third-order valence-electron chi connectivity index (χ3n) is 16.1. The number of H-pyrrole nitrogens is 1. The average Bonchev–Trinajstić information content (AvgIpc) is 4.05. The van der Waals surface area contributed by atoms with E-state index < -0.39 is 23.1 Å². The first kappa shape index (κ1) is 60.5. The normalized spacial score (nSPS) is 17.0. The number of Topliss-reactive ketones (excluding diaryl/α,β-unsaturated/α-hetero) is 1. The van der Waals surface area contributed by atoms with Gasteiger partial charge in [-0.15, -0.1) is 11.3 Å². The van der Waals surface area contributed by atoms with Gasteiger partial charge in [0.25, 0.3) is 5.91 Å². The van der Waals surface area contributed by atoms with Crippen LogP contribution < -0.4 is 31.5 Å². The zero-order chi connectivity index (χ0) is 58.6. The molecule has 3 aliphatic rings. The van der Waals surface area contributed by atoms with E-state index in [-0.39, 0.29) is 60.5 Å². The average molecular weight is 1160 g/mol. The van der Waals surface area contributed by atoms with E-state index in [4.69, 9.17) is 4.74 Å². The summed E-state index contributed by atoms with van der Waals surface area (Å²) in [6, 6.07) is 22.0. The van der Waals surface area contributed by atoms with E-state index in [1.807, 2.05) is 76.5 Å². The highest BCUT2D eigenvalue weighted by atomic mass is 32.1. The Kier molecular flexibility index (Phi) is 20.4. The van der Waals surface area contributed by atoms with Crippen LogP contribution in [0, 0.1) is 24.0 Å². The summed E-state index contributed by atoms with van der Waals surface area (Å²) in [7, 11) is 0. The number of amides is 4. The highest BCUT2D eigenvalue weighted by molar-refractivity contribution is 7.13. The van der Waals surface area contributed by atoms with Crippen molar-refractivity contribution in [3.05, 3.63) is 124 Å². The lowest BCUT2D eigenvalue weighted by Crippen LogP contribution is -2.58. The van der Waals surface area contributed by atoms with Crippen LogP contribution >= 0.6 is 11.3 Å². The summed E-state index contributed by atoms with van der Waals surface area (Å²) in [5, 5.41) is 24.3. The number of likely N-dealkylation sites (tertiary alicyclic amines) is 1. The highest BCUT2D eigenvalue weighted by Gasteiger charge is 2.43. The number of benzene rings is 4. The molecule has 3 saturated heterocycles. The van der Waals surface area contributed by atoms with E-state index in [2.05, 4.69) is 75.8 Å². The second kappa shape index (κ2) is 28.0. The minimum atomic E-state index is -0.781. The van der Waals surface area contributed by atoms with Crippen molar-refractivity contribution in [3.63, 3.8) is 0 Å². The SMILES string of the molecule is Cc1ncsc1-c1ccc(CNC(C)[C@@H]2CC(=O)CN2C(=O)[C@@H](NC(=O)CCCCCCCNC(=O)CN2CCN(c3ccc(C(=O)Nc4n[nH]c5ccc(Cc6cc(F)cc(F)c6)cc45)c(NC4CCOCC4)c3)CC2)C(C)(C)C)cc1. The van der Waals surface area contributed by atoms with Gasteiger partial charge in [-0.3, -0.25) is 34.0 Å². The van der Waals surface area contributed by atoms with E-state index in [9.17, 15) is 32.8 Å². The summed E-state index contributed by atoms with van der Waals surface area (Å²) in [6.07, 6.45) is 6.64. The van der Waals surface area contributed by atoms with Crippen molar-refractivity contribution in [2.45, 2.75) is 130 Å². The number of fused-ring (bicyclic) bond motifs is 1. The van der Waals surface area contributed by atoms with Crippen molar-refractivity contribution in [3.8, 4) is 10.4 Å². The standard InChI is InChI=1S/C63H79F2N11O6S/c1-40(67-36-42-12-15-45(16-13-42)58-41(2)68-39-83-58)55-35-50(77)37-76(55)62(81)59(63(3,4)5)70-56(78)11-9-7-6-8-10-22-66-57(79)38-74-23-25-75(26-24-74)49-17-18-51(54(34-49)69-48-20-27-82-28-21-48)61(80)71-60-52-32-43(14-19-53(52)72-73-60)29-44-30-46(64)33-47(65)31-44/h12-19,30-34,39-40,48,55,59,67,69H,6-11,20-29,35-38H2,1-5H3,(H,66,79)(H,70,78)(H2,71,72,73,80)/t40?,55-,59+/m0/s1. The van der Waals surface area contributed by atoms with Crippen molar-refractivity contribution in [1.29, 1.82) is 0 Å². The predicted octanol–water partition coefficient (Wildman–Crippen LogP) is 9.17. The number of anilines is 3. The van der Waals surface area contributed by atoms with Gasteiger partial charge in [-0.1, -0.05) is 70.4 Å². The molecule has 3 atom stereocenters. The molecule has 2 aromatic heterocycles. The highest BCUT2D eigenvalue weighted by Crippen LogP contribution is 2.32. The Bertz CT molecular complexity index is 3200. The van der Waals surface area contributed by atoms with Crippen LogP contribution in [0.5, 0.6) is 0 Å². The molecule has 6 aromatic rings. The molecule has 0 spiro atoms. The molecule has 5 heterocycles. The van der Waals surface area contributed by atoms with Gasteiger partial charge in [0.15, 0.2) is 11.6 Å². The topological polar surface area (TPSA) is 206 Å². The minimum Gasteiger partial charge on any atom is -0.381 e.